The first-order valence-corrected chi connectivity index (χ1v) is 7.15. The molecule has 22 heavy (non-hydrogen) atoms. The highest BCUT2D eigenvalue weighted by Gasteiger charge is 2.32. The van der Waals surface area contributed by atoms with E-state index in [0.717, 1.165) is 0 Å². The van der Waals surface area contributed by atoms with Crippen molar-refractivity contribution in [3.05, 3.63) is 24.3 Å². The molecule has 0 atom stereocenters. The van der Waals surface area contributed by atoms with Crippen molar-refractivity contribution in [3.8, 4) is 0 Å². The molecular weight excluding hydrogens is 288 g/mol. The third-order valence-corrected chi connectivity index (χ3v) is 2.84. The minimum absolute atomic E-state index is 0.0289. The van der Waals surface area contributed by atoms with Gasteiger partial charge >= 0.3 is 5.97 Å². The lowest BCUT2D eigenvalue weighted by atomic mass is 10.2. The normalized spacial score (nSPS) is 15.0. The van der Waals surface area contributed by atoms with Gasteiger partial charge in [-0.1, -0.05) is 24.3 Å². The zero-order valence-electron chi connectivity index (χ0n) is 12.5. The molecule has 1 aliphatic rings. The molecule has 0 aromatic heterocycles. The summed E-state index contributed by atoms with van der Waals surface area (Å²) in [5.41, 5.74) is 0. The van der Waals surface area contributed by atoms with Crippen LogP contribution in [0, 0.1) is 0 Å². The number of amides is 3. The van der Waals surface area contributed by atoms with E-state index in [1.807, 2.05) is 25.2 Å². The predicted molar refractivity (Wildman–Crippen MR) is 78.0 cm³/mol. The fraction of sp³-hybridized carbons (Fsp3) is 0.467. The molecule has 0 aromatic carbocycles. The number of hydrogen-bond donors (Lipinski definition) is 1. The largest absolute Gasteiger partial charge is 0.353 e. The lowest BCUT2D eigenvalue weighted by Crippen LogP contribution is -2.32. The summed E-state index contributed by atoms with van der Waals surface area (Å²) >= 11 is 0. The van der Waals surface area contributed by atoms with E-state index in [9.17, 15) is 19.2 Å². The summed E-state index contributed by atoms with van der Waals surface area (Å²) in [6.45, 7) is 2.32. The molecular formula is C15H20N2O5. The summed E-state index contributed by atoms with van der Waals surface area (Å²) in [6.07, 6.45) is 7.92. The van der Waals surface area contributed by atoms with E-state index >= 15 is 0 Å². The van der Waals surface area contributed by atoms with Gasteiger partial charge in [-0.2, -0.15) is 0 Å². The van der Waals surface area contributed by atoms with E-state index in [-0.39, 0.29) is 31.6 Å². The highest BCUT2D eigenvalue weighted by atomic mass is 16.7. The monoisotopic (exact) mass is 308 g/mol. The average molecular weight is 308 g/mol. The number of carbonyl (C=O) groups is 4. The molecule has 0 spiro atoms. The summed E-state index contributed by atoms with van der Waals surface area (Å²) in [5.74, 6) is -1.89. The second-order valence-corrected chi connectivity index (χ2v) is 4.66. The van der Waals surface area contributed by atoms with Crippen molar-refractivity contribution in [2.75, 3.05) is 6.54 Å². The Kier molecular flexibility index (Phi) is 7.60. The minimum Gasteiger partial charge on any atom is -0.353 e. The third-order valence-electron chi connectivity index (χ3n) is 2.84. The number of nitrogens with zero attached hydrogens (tertiary/aromatic N) is 1. The fourth-order valence-electron chi connectivity index (χ4n) is 1.72. The average Bonchev–Trinajstić information content (AvgIpc) is 2.79. The molecule has 0 unspecified atom stereocenters. The molecule has 1 N–H and O–H groups in total. The van der Waals surface area contributed by atoms with Crippen LogP contribution in [0.4, 0.5) is 0 Å². The highest BCUT2D eigenvalue weighted by Crippen LogP contribution is 2.13. The number of hydroxylamine groups is 2. The Morgan fingerprint density at radius 2 is 1.86 bits per heavy atom. The molecule has 3 amide bonds. The smallest absolute Gasteiger partial charge is 0.333 e. The van der Waals surface area contributed by atoms with Gasteiger partial charge in [-0.05, 0) is 13.3 Å². The zero-order valence-corrected chi connectivity index (χ0v) is 12.5. The molecule has 0 saturated carbocycles. The lowest BCUT2D eigenvalue weighted by molar-refractivity contribution is -0.197. The van der Waals surface area contributed by atoms with Crippen LogP contribution in [0.15, 0.2) is 24.3 Å². The van der Waals surface area contributed by atoms with Crippen molar-refractivity contribution in [2.45, 2.75) is 39.0 Å². The van der Waals surface area contributed by atoms with Crippen LogP contribution in [-0.4, -0.2) is 35.3 Å². The van der Waals surface area contributed by atoms with E-state index in [4.69, 9.17) is 0 Å². The summed E-state index contributed by atoms with van der Waals surface area (Å²) < 4.78 is 0. The standard InChI is InChI=1S/C15H20N2O5/c1-2-3-4-5-11-16-12(18)7-6-8-15(21)22-17-13(19)9-10-14(17)20/h2-5H,6-11H2,1H3,(H,16,18)/b3-2-,5-4+. The molecule has 1 aliphatic heterocycles. The number of carbonyl (C=O) groups excluding carboxylic acids is 4. The maximum Gasteiger partial charge on any atom is 0.333 e. The lowest BCUT2D eigenvalue weighted by Gasteiger charge is -2.12. The van der Waals surface area contributed by atoms with Crippen molar-refractivity contribution in [1.82, 2.24) is 10.4 Å². The summed E-state index contributed by atoms with van der Waals surface area (Å²) in [6, 6.07) is 0. The van der Waals surface area contributed by atoms with Crippen molar-refractivity contribution in [3.63, 3.8) is 0 Å². The van der Waals surface area contributed by atoms with E-state index in [1.54, 1.807) is 6.08 Å². The van der Waals surface area contributed by atoms with Crippen LogP contribution in [0.25, 0.3) is 0 Å². The van der Waals surface area contributed by atoms with Crippen LogP contribution in [0.3, 0.4) is 0 Å². The molecule has 0 bridgehead atoms. The van der Waals surface area contributed by atoms with Gasteiger partial charge in [-0.3, -0.25) is 14.4 Å². The molecule has 1 saturated heterocycles. The van der Waals surface area contributed by atoms with Crippen molar-refractivity contribution >= 4 is 23.7 Å². The maximum atomic E-state index is 11.5. The number of hydrogen-bond acceptors (Lipinski definition) is 5. The van der Waals surface area contributed by atoms with Gasteiger partial charge in [0.05, 0.1) is 0 Å². The predicted octanol–water partition coefficient (Wildman–Crippen LogP) is 1.01. The number of imide groups is 1. The molecule has 1 fully saturated rings. The molecule has 1 rings (SSSR count). The molecule has 1 heterocycles. The molecule has 7 heteroatoms. The minimum atomic E-state index is -0.690. The van der Waals surface area contributed by atoms with Gasteiger partial charge < -0.3 is 10.2 Å². The van der Waals surface area contributed by atoms with Crippen LogP contribution >= 0.6 is 0 Å². The van der Waals surface area contributed by atoms with Crippen molar-refractivity contribution < 1.29 is 24.0 Å². The van der Waals surface area contributed by atoms with Gasteiger partial charge in [0.25, 0.3) is 11.8 Å². The van der Waals surface area contributed by atoms with Gasteiger partial charge in [0.2, 0.25) is 5.91 Å². The van der Waals surface area contributed by atoms with E-state index in [0.29, 0.717) is 18.0 Å². The van der Waals surface area contributed by atoms with Gasteiger partial charge in [-0.15, -0.1) is 5.06 Å². The third kappa shape index (κ3) is 6.34. The first-order valence-electron chi connectivity index (χ1n) is 7.15. The highest BCUT2D eigenvalue weighted by molar-refractivity contribution is 6.01. The topological polar surface area (TPSA) is 92.8 Å². The van der Waals surface area contributed by atoms with E-state index < -0.39 is 17.8 Å². The first-order chi connectivity index (χ1) is 10.5. The van der Waals surface area contributed by atoms with Crippen molar-refractivity contribution in [2.24, 2.45) is 0 Å². The Morgan fingerprint density at radius 3 is 2.50 bits per heavy atom. The van der Waals surface area contributed by atoms with E-state index in [1.165, 1.54) is 0 Å². The Hall–Kier alpha value is -2.44. The van der Waals surface area contributed by atoms with Crippen molar-refractivity contribution in [1.29, 1.82) is 0 Å². The second-order valence-electron chi connectivity index (χ2n) is 4.66. The zero-order chi connectivity index (χ0) is 16.4. The second kappa shape index (κ2) is 9.49. The molecule has 0 radical (unpaired) electrons. The Balaban J connectivity index is 2.15. The number of rotatable bonds is 8. The molecule has 120 valence electrons. The van der Waals surface area contributed by atoms with Crippen LogP contribution in [-0.2, 0) is 24.0 Å². The van der Waals surface area contributed by atoms with Crippen LogP contribution in [0.2, 0.25) is 0 Å². The Morgan fingerprint density at radius 1 is 1.18 bits per heavy atom. The van der Waals surface area contributed by atoms with E-state index in [2.05, 4.69) is 10.2 Å². The number of allylic oxidation sites excluding steroid dienone is 3. The molecule has 0 aromatic rings. The Labute approximate surface area is 128 Å². The van der Waals surface area contributed by atoms with Gasteiger partial charge in [0.15, 0.2) is 0 Å². The summed E-state index contributed by atoms with van der Waals surface area (Å²) in [5, 5.41) is 3.18. The van der Waals surface area contributed by atoms with Crippen LogP contribution in [0.1, 0.15) is 39.0 Å². The molecule has 7 nitrogen and oxygen atoms in total. The quantitative estimate of drug-likeness (QED) is 0.533. The summed E-state index contributed by atoms with van der Waals surface area (Å²) in [4.78, 5) is 50.1. The fourth-order valence-corrected chi connectivity index (χ4v) is 1.72. The SMILES string of the molecule is C/C=C\C=C\CNC(=O)CCCC(=O)ON1C(=O)CCC1=O. The number of nitrogens with one attached hydrogen (secondary N) is 1. The van der Waals surface area contributed by atoms with Crippen LogP contribution in [0.5, 0.6) is 0 Å². The van der Waals surface area contributed by atoms with Gasteiger partial charge in [-0.25, -0.2) is 4.79 Å². The van der Waals surface area contributed by atoms with Crippen LogP contribution < -0.4 is 5.32 Å². The van der Waals surface area contributed by atoms with Gasteiger partial charge in [0, 0.05) is 32.2 Å². The Bertz CT molecular complexity index is 480. The summed E-state index contributed by atoms with van der Waals surface area (Å²) in [7, 11) is 0. The molecule has 0 aliphatic carbocycles. The van der Waals surface area contributed by atoms with Gasteiger partial charge in [0.1, 0.15) is 0 Å². The maximum absolute atomic E-state index is 11.5. The first kappa shape index (κ1) is 17.6.